The van der Waals surface area contributed by atoms with Crippen molar-refractivity contribution in [2.75, 3.05) is 6.61 Å². The van der Waals surface area contributed by atoms with Crippen LogP contribution in [0, 0.1) is 0 Å². The van der Waals surface area contributed by atoms with Crippen molar-refractivity contribution in [1.29, 1.82) is 0 Å². The molecule has 1 heterocycles. The Bertz CT molecular complexity index is 449. The summed E-state index contributed by atoms with van der Waals surface area (Å²) < 4.78 is 7.65. The smallest absolute Gasteiger partial charge is 0.119 e. The maximum absolute atomic E-state index is 9.38. The van der Waals surface area contributed by atoms with Crippen molar-refractivity contribution in [3.63, 3.8) is 0 Å². The molecular weight excluding hydrogens is 228 g/mol. The lowest BCUT2D eigenvalue weighted by Gasteiger charge is -2.08. The van der Waals surface area contributed by atoms with Gasteiger partial charge in [-0.3, -0.25) is 0 Å². The average Bonchev–Trinajstić information content (AvgIpc) is 2.88. The van der Waals surface area contributed by atoms with Gasteiger partial charge in [-0.2, -0.15) is 0 Å². The van der Waals surface area contributed by atoms with E-state index in [1.165, 1.54) is 0 Å². The molecule has 0 aliphatic carbocycles. The number of ether oxygens (including phenoxy) is 1. The molecule has 2 rings (SSSR count). The van der Waals surface area contributed by atoms with Gasteiger partial charge in [0.2, 0.25) is 0 Å². The molecule has 18 heavy (non-hydrogen) atoms. The first-order valence-electron chi connectivity index (χ1n) is 6.12. The maximum Gasteiger partial charge on any atom is 0.119 e. The van der Waals surface area contributed by atoms with Gasteiger partial charge in [0.05, 0.1) is 19.0 Å². The topological polar surface area (TPSA) is 47.3 Å². The first kappa shape index (κ1) is 12.6. The van der Waals surface area contributed by atoms with Crippen LogP contribution < -0.4 is 4.74 Å². The third-order valence-electron chi connectivity index (χ3n) is 2.75. The third-order valence-corrected chi connectivity index (χ3v) is 2.75. The highest BCUT2D eigenvalue weighted by Gasteiger charge is 2.00. The van der Waals surface area contributed by atoms with Gasteiger partial charge < -0.3 is 14.4 Å². The number of imidazole rings is 1. The molecule has 0 fully saturated rings. The maximum atomic E-state index is 9.38. The van der Waals surface area contributed by atoms with Gasteiger partial charge in [-0.25, -0.2) is 4.98 Å². The van der Waals surface area contributed by atoms with E-state index >= 15 is 0 Å². The third kappa shape index (κ3) is 3.60. The molecule has 1 aromatic heterocycles. The van der Waals surface area contributed by atoms with Crippen LogP contribution in [0.15, 0.2) is 43.0 Å². The molecule has 4 heteroatoms. The molecule has 96 valence electrons. The summed E-state index contributed by atoms with van der Waals surface area (Å²) >= 11 is 0. The summed E-state index contributed by atoms with van der Waals surface area (Å²) in [5, 5.41) is 9.38. The monoisotopic (exact) mass is 246 g/mol. The van der Waals surface area contributed by atoms with Crippen molar-refractivity contribution in [2.45, 2.75) is 26.0 Å². The van der Waals surface area contributed by atoms with Gasteiger partial charge in [0.1, 0.15) is 5.75 Å². The molecule has 4 nitrogen and oxygen atoms in total. The SMILES string of the molecule is C[C@@H](O)c1ccc(OCCCn2ccnc2)cc1. The number of aliphatic hydroxyl groups excluding tert-OH is 1. The fourth-order valence-corrected chi connectivity index (χ4v) is 1.70. The predicted molar refractivity (Wildman–Crippen MR) is 69.4 cm³/mol. The van der Waals surface area contributed by atoms with Crippen LogP contribution in [0.5, 0.6) is 5.75 Å². The summed E-state index contributed by atoms with van der Waals surface area (Å²) in [6, 6.07) is 7.55. The zero-order chi connectivity index (χ0) is 12.8. The fraction of sp³-hybridized carbons (Fsp3) is 0.357. The minimum absolute atomic E-state index is 0.430. The lowest BCUT2D eigenvalue weighted by Crippen LogP contribution is -2.03. The van der Waals surface area contributed by atoms with Gasteiger partial charge >= 0.3 is 0 Å². The van der Waals surface area contributed by atoms with Gasteiger partial charge in [-0.15, -0.1) is 0 Å². The molecule has 0 aliphatic rings. The Kier molecular flexibility index (Phi) is 4.36. The first-order chi connectivity index (χ1) is 8.75. The Morgan fingerprint density at radius 3 is 2.72 bits per heavy atom. The molecule has 1 atom stereocenters. The van der Waals surface area contributed by atoms with Crippen LogP contribution >= 0.6 is 0 Å². The molecule has 0 unspecified atom stereocenters. The number of nitrogens with zero attached hydrogens (tertiary/aromatic N) is 2. The van der Waals surface area contributed by atoms with Crippen LogP contribution in [0.4, 0.5) is 0 Å². The molecule has 0 aliphatic heterocycles. The Morgan fingerprint density at radius 1 is 1.33 bits per heavy atom. The number of hydrogen-bond acceptors (Lipinski definition) is 3. The highest BCUT2D eigenvalue weighted by atomic mass is 16.5. The minimum atomic E-state index is -0.430. The Labute approximate surface area is 107 Å². The van der Waals surface area contributed by atoms with Crippen LogP contribution in [0.3, 0.4) is 0 Å². The second-order valence-electron chi connectivity index (χ2n) is 4.25. The molecule has 0 spiro atoms. The van der Waals surface area contributed by atoms with Crippen LogP contribution in [0.25, 0.3) is 0 Å². The average molecular weight is 246 g/mol. The van der Waals surface area contributed by atoms with E-state index in [9.17, 15) is 5.11 Å². The second kappa shape index (κ2) is 6.21. The van der Waals surface area contributed by atoms with Crippen molar-refractivity contribution in [1.82, 2.24) is 9.55 Å². The zero-order valence-corrected chi connectivity index (χ0v) is 10.5. The van der Waals surface area contributed by atoms with E-state index in [2.05, 4.69) is 4.98 Å². The van der Waals surface area contributed by atoms with E-state index in [0.29, 0.717) is 6.61 Å². The summed E-state index contributed by atoms with van der Waals surface area (Å²) in [5.41, 5.74) is 0.903. The van der Waals surface area contributed by atoms with E-state index in [1.807, 2.05) is 35.0 Å². The molecule has 2 aromatic rings. The molecule has 0 saturated carbocycles. The van der Waals surface area contributed by atoms with Gasteiger partial charge in [0, 0.05) is 18.9 Å². The van der Waals surface area contributed by atoms with Crippen LogP contribution in [0.2, 0.25) is 0 Å². The lowest BCUT2D eigenvalue weighted by atomic mass is 10.1. The van der Waals surface area contributed by atoms with Crippen molar-refractivity contribution in [2.24, 2.45) is 0 Å². The number of hydrogen-bond donors (Lipinski definition) is 1. The molecule has 0 radical (unpaired) electrons. The van der Waals surface area contributed by atoms with Gasteiger partial charge in [-0.05, 0) is 31.0 Å². The number of benzene rings is 1. The van der Waals surface area contributed by atoms with E-state index in [0.717, 1.165) is 24.3 Å². The van der Waals surface area contributed by atoms with Crippen molar-refractivity contribution in [3.05, 3.63) is 48.5 Å². The van der Waals surface area contributed by atoms with Crippen LogP contribution in [0.1, 0.15) is 25.0 Å². The molecule has 0 amide bonds. The normalized spacial score (nSPS) is 12.3. The van der Waals surface area contributed by atoms with Gasteiger partial charge in [0.25, 0.3) is 0 Å². The van der Waals surface area contributed by atoms with Crippen LogP contribution in [-0.4, -0.2) is 21.3 Å². The Balaban J connectivity index is 1.73. The summed E-state index contributed by atoms with van der Waals surface area (Å²) in [6.45, 7) is 3.33. The van der Waals surface area contributed by atoms with E-state index in [1.54, 1.807) is 19.4 Å². The molecule has 0 bridgehead atoms. The quantitative estimate of drug-likeness (QED) is 0.796. The highest BCUT2D eigenvalue weighted by Crippen LogP contribution is 2.17. The molecule has 1 N–H and O–H groups in total. The van der Waals surface area contributed by atoms with Crippen molar-refractivity contribution >= 4 is 0 Å². The second-order valence-corrected chi connectivity index (χ2v) is 4.25. The fourth-order valence-electron chi connectivity index (χ4n) is 1.70. The summed E-state index contributed by atoms with van der Waals surface area (Å²) in [5.74, 6) is 0.838. The van der Waals surface area contributed by atoms with E-state index < -0.39 is 6.10 Å². The lowest BCUT2D eigenvalue weighted by molar-refractivity contribution is 0.199. The standard InChI is InChI=1S/C14H18N2O2/c1-12(17)13-3-5-14(6-4-13)18-10-2-8-16-9-7-15-11-16/h3-7,9,11-12,17H,2,8,10H2,1H3/t12-/m1/s1. The van der Waals surface area contributed by atoms with Gasteiger partial charge in [-0.1, -0.05) is 12.1 Å². The summed E-state index contributed by atoms with van der Waals surface area (Å²) in [6.07, 6.45) is 6.03. The van der Waals surface area contributed by atoms with Crippen molar-refractivity contribution in [3.8, 4) is 5.75 Å². The summed E-state index contributed by atoms with van der Waals surface area (Å²) in [7, 11) is 0. The minimum Gasteiger partial charge on any atom is -0.494 e. The van der Waals surface area contributed by atoms with Gasteiger partial charge in [0.15, 0.2) is 0 Å². The van der Waals surface area contributed by atoms with E-state index in [-0.39, 0.29) is 0 Å². The molecule has 1 aromatic carbocycles. The Hall–Kier alpha value is -1.81. The first-order valence-corrected chi connectivity index (χ1v) is 6.12. The molecular formula is C14H18N2O2. The number of aryl methyl sites for hydroxylation is 1. The highest BCUT2D eigenvalue weighted by molar-refractivity contribution is 5.28. The van der Waals surface area contributed by atoms with Crippen LogP contribution in [-0.2, 0) is 6.54 Å². The zero-order valence-electron chi connectivity index (χ0n) is 10.5. The Morgan fingerprint density at radius 2 is 2.11 bits per heavy atom. The molecule has 0 saturated heterocycles. The largest absolute Gasteiger partial charge is 0.494 e. The van der Waals surface area contributed by atoms with Crippen molar-refractivity contribution < 1.29 is 9.84 Å². The number of rotatable bonds is 6. The number of aromatic nitrogens is 2. The predicted octanol–water partition coefficient (Wildman–Crippen LogP) is 2.41. The number of aliphatic hydroxyl groups is 1. The summed E-state index contributed by atoms with van der Waals surface area (Å²) in [4.78, 5) is 3.98. The van der Waals surface area contributed by atoms with E-state index in [4.69, 9.17) is 4.74 Å².